The van der Waals surface area contributed by atoms with Crippen LogP contribution in [0.4, 0.5) is 0 Å². The molecule has 0 atom stereocenters. The summed E-state index contributed by atoms with van der Waals surface area (Å²) in [6.45, 7) is 6.16. The van der Waals surface area contributed by atoms with Crippen LogP contribution in [0.5, 0.6) is 0 Å². The summed E-state index contributed by atoms with van der Waals surface area (Å²) in [5, 5.41) is 7.87. The Balaban J connectivity index is 3.35. The Labute approximate surface area is 90.8 Å². The first-order chi connectivity index (χ1) is 6.83. The second kappa shape index (κ2) is 3.83. The molecule has 9 heteroatoms. The third-order valence-corrected chi connectivity index (χ3v) is 5.73. The van der Waals surface area contributed by atoms with Gasteiger partial charge in [-0.2, -0.15) is 0 Å². The number of nitrogens with zero attached hydrogens (tertiary/aromatic N) is 2. The van der Waals surface area contributed by atoms with Gasteiger partial charge in [-0.1, -0.05) is 24.5 Å². The molecule has 0 aliphatic rings. The van der Waals surface area contributed by atoms with E-state index in [-0.39, 0.29) is 0 Å². The second-order valence-corrected chi connectivity index (χ2v) is 7.37. The van der Waals surface area contributed by atoms with E-state index in [4.69, 9.17) is 0 Å². The minimum absolute atomic E-state index is 0.405. The fourth-order valence-corrected chi connectivity index (χ4v) is 3.45. The summed E-state index contributed by atoms with van der Waals surface area (Å²) in [6, 6.07) is 0. The smallest absolute Gasteiger partial charge is 0.217 e. The van der Waals surface area contributed by atoms with Crippen molar-refractivity contribution in [3.05, 3.63) is 24.0 Å². The lowest BCUT2D eigenvalue weighted by Gasteiger charge is -1.88. The van der Waals surface area contributed by atoms with Crippen LogP contribution in [0.3, 0.4) is 0 Å². The van der Waals surface area contributed by atoms with Gasteiger partial charge in [0.25, 0.3) is 0 Å². The highest BCUT2D eigenvalue weighted by Gasteiger charge is 2.22. The van der Waals surface area contributed by atoms with E-state index in [9.17, 15) is 16.8 Å². The SMILES string of the molecule is C=CS(=O)(=O)c1nnc(S(=O)(=O)C=C)s1. The zero-order chi connectivity index (χ0) is 11.7. The lowest BCUT2D eigenvalue weighted by atomic mass is 11.3. The highest BCUT2D eigenvalue weighted by molar-refractivity contribution is 7.98. The summed E-state index contributed by atoms with van der Waals surface area (Å²) in [4.78, 5) is 0. The largest absolute Gasteiger partial charge is 0.237 e. The van der Waals surface area contributed by atoms with Gasteiger partial charge in [0, 0.05) is 10.8 Å². The van der Waals surface area contributed by atoms with E-state index in [0.717, 1.165) is 0 Å². The molecule has 1 aromatic rings. The van der Waals surface area contributed by atoms with Gasteiger partial charge in [0.1, 0.15) is 0 Å². The minimum Gasteiger partial charge on any atom is -0.217 e. The molecule has 1 heterocycles. The van der Waals surface area contributed by atoms with Crippen LogP contribution in [0.25, 0.3) is 0 Å². The van der Waals surface area contributed by atoms with Gasteiger partial charge < -0.3 is 0 Å². The molecule has 0 aromatic carbocycles. The van der Waals surface area contributed by atoms with Gasteiger partial charge in [-0.25, -0.2) is 16.8 Å². The van der Waals surface area contributed by atoms with Gasteiger partial charge in [-0.15, -0.1) is 10.2 Å². The average Bonchev–Trinajstić information content (AvgIpc) is 2.67. The number of aromatic nitrogens is 2. The van der Waals surface area contributed by atoms with Gasteiger partial charge in [-0.3, -0.25) is 0 Å². The van der Waals surface area contributed by atoms with Crippen molar-refractivity contribution in [1.29, 1.82) is 0 Å². The average molecular weight is 266 g/mol. The van der Waals surface area contributed by atoms with Crippen molar-refractivity contribution in [1.82, 2.24) is 10.2 Å². The second-order valence-electron chi connectivity index (χ2n) is 2.26. The van der Waals surface area contributed by atoms with Gasteiger partial charge in [0.15, 0.2) is 0 Å². The predicted molar refractivity (Wildman–Crippen MR) is 54.7 cm³/mol. The Morgan fingerprint density at radius 1 is 0.933 bits per heavy atom. The maximum Gasteiger partial charge on any atom is 0.237 e. The lowest BCUT2D eigenvalue weighted by Crippen LogP contribution is -1.94. The molecular weight excluding hydrogens is 260 g/mol. The number of sulfone groups is 2. The zero-order valence-electron chi connectivity index (χ0n) is 7.32. The third kappa shape index (κ3) is 2.30. The lowest BCUT2D eigenvalue weighted by molar-refractivity contribution is 0.598. The van der Waals surface area contributed by atoms with Crippen LogP contribution >= 0.6 is 11.3 Å². The van der Waals surface area contributed by atoms with Crippen molar-refractivity contribution in [2.45, 2.75) is 8.68 Å². The molecule has 0 spiro atoms. The fourth-order valence-electron chi connectivity index (χ4n) is 0.570. The highest BCUT2D eigenvalue weighted by atomic mass is 32.3. The molecule has 0 aliphatic heterocycles. The Morgan fingerprint density at radius 3 is 1.53 bits per heavy atom. The van der Waals surface area contributed by atoms with Crippen LogP contribution in [0.15, 0.2) is 32.7 Å². The van der Waals surface area contributed by atoms with E-state index >= 15 is 0 Å². The summed E-state index contributed by atoms with van der Waals surface area (Å²) in [5.41, 5.74) is 0. The monoisotopic (exact) mass is 266 g/mol. The molecule has 0 aliphatic carbocycles. The molecule has 6 nitrogen and oxygen atoms in total. The predicted octanol–water partition coefficient (Wildman–Crippen LogP) is 0.373. The van der Waals surface area contributed by atoms with E-state index in [1.165, 1.54) is 0 Å². The van der Waals surface area contributed by atoms with Crippen LogP contribution < -0.4 is 0 Å². The molecule has 1 aromatic heterocycles. The molecular formula is C6H6N2O4S3. The van der Waals surface area contributed by atoms with E-state index in [2.05, 4.69) is 23.4 Å². The Bertz CT molecular complexity index is 544. The van der Waals surface area contributed by atoms with Gasteiger partial charge in [0.05, 0.1) is 0 Å². The van der Waals surface area contributed by atoms with Crippen LogP contribution in [-0.4, -0.2) is 27.0 Å². The molecule has 0 saturated carbocycles. The third-order valence-electron chi connectivity index (χ3n) is 1.31. The molecule has 82 valence electrons. The number of rotatable bonds is 4. The molecule has 0 saturated heterocycles. The summed E-state index contributed by atoms with van der Waals surface area (Å²) < 4.78 is 44.0. The maximum absolute atomic E-state index is 11.2. The standard InChI is InChI=1S/C6H6N2O4S3/c1-3-14(9,10)5-7-8-6(13-5)15(11,12)4-2/h3-4H,1-2H2. The van der Waals surface area contributed by atoms with Crippen molar-refractivity contribution < 1.29 is 16.8 Å². The summed E-state index contributed by atoms with van der Waals surface area (Å²) in [6.07, 6.45) is 0. The zero-order valence-corrected chi connectivity index (χ0v) is 9.77. The van der Waals surface area contributed by atoms with Crippen molar-refractivity contribution in [2.75, 3.05) is 0 Å². The maximum atomic E-state index is 11.2. The highest BCUT2D eigenvalue weighted by Crippen LogP contribution is 2.22. The van der Waals surface area contributed by atoms with Gasteiger partial charge >= 0.3 is 0 Å². The van der Waals surface area contributed by atoms with E-state index in [1.807, 2.05) is 0 Å². The topological polar surface area (TPSA) is 94.1 Å². The van der Waals surface area contributed by atoms with E-state index in [1.54, 1.807) is 0 Å². The summed E-state index contributed by atoms with van der Waals surface area (Å²) in [5.74, 6) is 0. The Morgan fingerprint density at radius 2 is 1.27 bits per heavy atom. The van der Waals surface area contributed by atoms with Crippen LogP contribution in [0.2, 0.25) is 0 Å². The Kier molecular flexibility index (Phi) is 3.07. The molecule has 0 bridgehead atoms. The minimum atomic E-state index is -3.74. The van der Waals surface area contributed by atoms with Crippen LogP contribution in [0, 0.1) is 0 Å². The van der Waals surface area contributed by atoms with Crippen molar-refractivity contribution in [3.63, 3.8) is 0 Å². The van der Waals surface area contributed by atoms with Gasteiger partial charge in [-0.05, 0) is 0 Å². The number of hydrogen-bond acceptors (Lipinski definition) is 7. The summed E-state index contributed by atoms with van der Waals surface area (Å²) >= 11 is 0.455. The number of hydrogen-bond donors (Lipinski definition) is 0. The molecule has 0 fully saturated rings. The summed E-state index contributed by atoms with van der Waals surface area (Å²) in [7, 11) is -7.47. The van der Waals surface area contributed by atoms with Crippen LogP contribution in [-0.2, 0) is 19.7 Å². The first kappa shape index (κ1) is 12.0. The first-order valence-electron chi connectivity index (χ1n) is 3.42. The van der Waals surface area contributed by atoms with Crippen molar-refractivity contribution in [3.8, 4) is 0 Å². The van der Waals surface area contributed by atoms with Crippen molar-refractivity contribution >= 4 is 31.0 Å². The fraction of sp³-hybridized carbons (Fsp3) is 0. The van der Waals surface area contributed by atoms with Crippen LogP contribution in [0.1, 0.15) is 0 Å². The quantitative estimate of drug-likeness (QED) is 0.781. The van der Waals surface area contributed by atoms with Gasteiger partial charge in [0.2, 0.25) is 28.4 Å². The molecule has 0 radical (unpaired) electrons. The van der Waals surface area contributed by atoms with E-state index < -0.39 is 28.4 Å². The van der Waals surface area contributed by atoms with E-state index in [0.29, 0.717) is 22.2 Å². The molecule has 0 amide bonds. The molecule has 0 unspecified atom stereocenters. The molecule has 1 rings (SSSR count). The van der Waals surface area contributed by atoms with Crippen molar-refractivity contribution in [2.24, 2.45) is 0 Å². The normalized spacial score (nSPS) is 12.3. The Hall–Kier alpha value is -1.06. The first-order valence-corrected chi connectivity index (χ1v) is 7.33. The molecule has 15 heavy (non-hydrogen) atoms. The molecule has 0 N–H and O–H groups in total.